The molecular formula is C15H24N4O. The first-order valence-corrected chi connectivity index (χ1v) is 7.28. The van der Waals surface area contributed by atoms with Crippen LogP contribution in [0, 0.1) is 0 Å². The van der Waals surface area contributed by atoms with Gasteiger partial charge in [0.15, 0.2) is 0 Å². The lowest BCUT2D eigenvalue weighted by Crippen LogP contribution is -2.42. The van der Waals surface area contributed by atoms with E-state index in [0.29, 0.717) is 11.6 Å². The summed E-state index contributed by atoms with van der Waals surface area (Å²) in [6.07, 6.45) is 3.97. The van der Waals surface area contributed by atoms with Crippen LogP contribution in [-0.4, -0.2) is 55.6 Å². The number of carbonyl (C=O) groups is 1. The number of nitrogens with zero attached hydrogens (tertiary/aromatic N) is 3. The predicted octanol–water partition coefficient (Wildman–Crippen LogP) is 1.36. The molecule has 20 heavy (non-hydrogen) atoms. The van der Waals surface area contributed by atoms with Gasteiger partial charge in [0, 0.05) is 39.4 Å². The van der Waals surface area contributed by atoms with Gasteiger partial charge in [-0.2, -0.15) is 0 Å². The maximum atomic E-state index is 11.8. The highest BCUT2D eigenvalue weighted by Gasteiger charge is 2.19. The standard InChI is InChI=1S/C15H24N4O/c1-4-16-13-7-9-19(10-8-13)14-6-5-12(11-17-14)15(20)18(2)3/h5-6,11,13,16H,4,7-10H2,1-3H3. The molecule has 0 bridgehead atoms. The van der Waals surface area contributed by atoms with Crippen molar-refractivity contribution < 1.29 is 4.79 Å². The van der Waals surface area contributed by atoms with E-state index in [2.05, 4.69) is 22.1 Å². The number of hydrogen-bond acceptors (Lipinski definition) is 4. The van der Waals surface area contributed by atoms with Crippen molar-refractivity contribution >= 4 is 11.7 Å². The van der Waals surface area contributed by atoms with Crippen LogP contribution >= 0.6 is 0 Å². The Hall–Kier alpha value is -1.62. The van der Waals surface area contributed by atoms with Crippen LogP contribution in [0.15, 0.2) is 18.3 Å². The molecule has 2 heterocycles. The number of anilines is 1. The highest BCUT2D eigenvalue weighted by atomic mass is 16.2. The minimum atomic E-state index is -0.00472. The summed E-state index contributed by atoms with van der Waals surface area (Å²) in [5, 5.41) is 3.50. The second-order valence-electron chi connectivity index (χ2n) is 5.42. The highest BCUT2D eigenvalue weighted by Crippen LogP contribution is 2.18. The Morgan fingerprint density at radius 1 is 1.40 bits per heavy atom. The molecule has 0 aliphatic carbocycles. The van der Waals surface area contributed by atoms with Gasteiger partial charge in [0.2, 0.25) is 0 Å². The topological polar surface area (TPSA) is 48.5 Å². The fourth-order valence-corrected chi connectivity index (χ4v) is 2.56. The van der Waals surface area contributed by atoms with E-state index in [-0.39, 0.29) is 5.91 Å². The molecular weight excluding hydrogens is 252 g/mol. The van der Waals surface area contributed by atoms with E-state index in [1.807, 2.05) is 12.1 Å². The average Bonchev–Trinajstić information content (AvgIpc) is 2.48. The summed E-state index contributed by atoms with van der Waals surface area (Å²) >= 11 is 0. The van der Waals surface area contributed by atoms with Crippen LogP contribution in [0.2, 0.25) is 0 Å². The Labute approximate surface area is 121 Å². The molecule has 1 aromatic rings. The number of carbonyl (C=O) groups excluding carboxylic acids is 1. The quantitative estimate of drug-likeness (QED) is 0.902. The van der Waals surface area contributed by atoms with Gasteiger partial charge in [-0.3, -0.25) is 4.79 Å². The zero-order chi connectivity index (χ0) is 14.5. The first-order chi connectivity index (χ1) is 9.61. The van der Waals surface area contributed by atoms with E-state index in [9.17, 15) is 4.79 Å². The zero-order valence-electron chi connectivity index (χ0n) is 12.6. The van der Waals surface area contributed by atoms with Crippen molar-refractivity contribution in [1.29, 1.82) is 0 Å². The Bertz CT molecular complexity index is 436. The van der Waals surface area contributed by atoms with Gasteiger partial charge in [-0.1, -0.05) is 6.92 Å². The molecule has 0 radical (unpaired) electrons. The number of aromatic nitrogens is 1. The second-order valence-corrected chi connectivity index (χ2v) is 5.42. The van der Waals surface area contributed by atoms with Gasteiger partial charge in [-0.15, -0.1) is 0 Å². The zero-order valence-corrected chi connectivity index (χ0v) is 12.6. The van der Waals surface area contributed by atoms with E-state index in [1.165, 1.54) is 0 Å². The molecule has 1 N–H and O–H groups in total. The molecule has 1 saturated heterocycles. The minimum absolute atomic E-state index is 0.00472. The molecule has 0 aromatic carbocycles. The Morgan fingerprint density at radius 3 is 2.60 bits per heavy atom. The summed E-state index contributed by atoms with van der Waals surface area (Å²) in [7, 11) is 3.50. The smallest absolute Gasteiger partial charge is 0.254 e. The van der Waals surface area contributed by atoms with Crippen molar-refractivity contribution in [1.82, 2.24) is 15.2 Å². The molecule has 0 saturated carbocycles. The monoisotopic (exact) mass is 276 g/mol. The first-order valence-electron chi connectivity index (χ1n) is 7.28. The van der Waals surface area contributed by atoms with Crippen molar-refractivity contribution in [3.63, 3.8) is 0 Å². The summed E-state index contributed by atoms with van der Waals surface area (Å²) in [6, 6.07) is 4.44. The molecule has 1 amide bonds. The van der Waals surface area contributed by atoms with Crippen molar-refractivity contribution in [3.05, 3.63) is 23.9 Å². The Kier molecular flexibility index (Phi) is 4.95. The summed E-state index contributed by atoms with van der Waals surface area (Å²) in [5.74, 6) is 0.963. The van der Waals surface area contributed by atoms with E-state index < -0.39 is 0 Å². The van der Waals surface area contributed by atoms with Crippen LogP contribution in [0.25, 0.3) is 0 Å². The van der Waals surface area contributed by atoms with Gasteiger partial charge in [-0.25, -0.2) is 4.98 Å². The van der Waals surface area contributed by atoms with Crippen molar-refractivity contribution in [2.75, 3.05) is 38.6 Å². The molecule has 5 heteroatoms. The third-order valence-electron chi connectivity index (χ3n) is 3.71. The molecule has 1 fully saturated rings. The molecule has 1 aromatic heterocycles. The van der Waals surface area contributed by atoms with E-state index in [4.69, 9.17) is 0 Å². The number of nitrogens with one attached hydrogen (secondary N) is 1. The van der Waals surface area contributed by atoms with Gasteiger partial charge in [0.05, 0.1) is 5.56 Å². The van der Waals surface area contributed by atoms with E-state index in [1.54, 1.807) is 25.2 Å². The first kappa shape index (κ1) is 14.8. The maximum Gasteiger partial charge on any atom is 0.254 e. The second kappa shape index (κ2) is 6.70. The van der Waals surface area contributed by atoms with Gasteiger partial charge in [0.1, 0.15) is 5.82 Å². The highest BCUT2D eigenvalue weighted by molar-refractivity contribution is 5.93. The number of piperidine rings is 1. The number of hydrogen-bond donors (Lipinski definition) is 1. The van der Waals surface area contributed by atoms with Crippen molar-refractivity contribution in [3.8, 4) is 0 Å². The third kappa shape index (κ3) is 3.48. The van der Waals surface area contributed by atoms with Gasteiger partial charge in [0.25, 0.3) is 5.91 Å². The maximum absolute atomic E-state index is 11.8. The normalized spacial score (nSPS) is 16.2. The fourth-order valence-electron chi connectivity index (χ4n) is 2.56. The summed E-state index contributed by atoms with van der Waals surface area (Å²) in [4.78, 5) is 20.1. The average molecular weight is 276 g/mol. The van der Waals surface area contributed by atoms with E-state index in [0.717, 1.165) is 38.3 Å². The van der Waals surface area contributed by atoms with Gasteiger partial charge < -0.3 is 15.1 Å². The lowest BCUT2D eigenvalue weighted by atomic mass is 10.1. The van der Waals surface area contributed by atoms with Crippen LogP contribution < -0.4 is 10.2 Å². The lowest BCUT2D eigenvalue weighted by molar-refractivity contribution is 0.0827. The summed E-state index contributed by atoms with van der Waals surface area (Å²) < 4.78 is 0. The lowest BCUT2D eigenvalue weighted by Gasteiger charge is -2.33. The van der Waals surface area contributed by atoms with Crippen molar-refractivity contribution in [2.24, 2.45) is 0 Å². The van der Waals surface area contributed by atoms with Crippen LogP contribution in [0.3, 0.4) is 0 Å². The number of pyridine rings is 1. The van der Waals surface area contributed by atoms with Crippen molar-refractivity contribution in [2.45, 2.75) is 25.8 Å². The summed E-state index contributed by atoms with van der Waals surface area (Å²) in [5.41, 5.74) is 0.640. The van der Waals surface area contributed by atoms with Gasteiger partial charge >= 0.3 is 0 Å². The summed E-state index contributed by atoms with van der Waals surface area (Å²) in [6.45, 7) is 5.22. The Morgan fingerprint density at radius 2 is 2.10 bits per heavy atom. The molecule has 1 aliphatic rings. The molecule has 2 rings (SSSR count). The van der Waals surface area contributed by atoms with Gasteiger partial charge in [-0.05, 0) is 31.5 Å². The predicted molar refractivity (Wildman–Crippen MR) is 81.2 cm³/mol. The SMILES string of the molecule is CCNC1CCN(c2ccc(C(=O)N(C)C)cn2)CC1. The molecule has 0 spiro atoms. The van der Waals surface area contributed by atoms with Crippen LogP contribution in [0.4, 0.5) is 5.82 Å². The fraction of sp³-hybridized carbons (Fsp3) is 0.600. The molecule has 1 aliphatic heterocycles. The number of rotatable bonds is 4. The molecule has 110 valence electrons. The molecule has 5 nitrogen and oxygen atoms in total. The Balaban J connectivity index is 1.96. The minimum Gasteiger partial charge on any atom is -0.357 e. The van der Waals surface area contributed by atoms with Crippen LogP contribution in [-0.2, 0) is 0 Å². The molecule has 0 atom stereocenters. The van der Waals surface area contributed by atoms with Crippen LogP contribution in [0.5, 0.6) is 0 Å². The largest absolute Gasteiger partial charge is 0.357 e. The molecule has 0 unspecified atom stereocenters. The van der Waals surface area contributed by atoms with E-state index >= 15 is 0 Å². The number of amides is 1. The third-order valence-corrected chi connectivity index (χ3v) is 3.71. The van der Waals surface area contributed by atoms with Crippen LogP contribution in [0.1, 0.15) is 30.1 Å².